The van der Waals surface area contributed by atoms with Crippen LogP contribution in [0.3, 0.4) is 0 Å². The van der Waals surface area contributed by atoms with Crippen molar-refractivity contribution >= 4 is 16.0 Å². The van der Waals surface area contributed by atoms with Crippen molar-refractivity contribution in [2.24, 2.45) is 12.0 Å². The minimum atomic E-state index is -3.53. The molecule has 0 amide bonds. The van der Waals surface area contributed by atoms with Gasteiger partial charge in [0.05, 0.1) is 17.1 Å². The van der Waals surface area contributed by atoms with Gasteiger partial charge in [-0.25, -0.2) is 13.1 Å². The van der Waals surface area contributed by atoms with E-state index in [0.717, 1.165) is 16.8 Å². The van der Waals surface area contributed by atoms with E-state index in [0.29, 0.717) is 23.9 Å². The number of guanidine groups is 1. The third kappa shape index (κ3) is 5.30. The van der Waals surface area contributed by atoms with Crippen molar-refractivity contribution in [3.05, 3.63) is 47.3 Å². The second-order valence-electron chi connectivity index (χ2n) is 5.97. The van der Waals surface area contributed by atoms with E-state index in [1.54, 1.807) is 30.9 Å². The summed E-state index contributed by atoms with van der Waals surface area (Å²) in [6.45, 7) is 4.90. The number of aliphatic imine (C=N–C) groups is 1. The number of aromatic nitrogens is 2. The molecule has 0 aliphatic rings. The normalized spacial score (nSPS) is 12.2. The van der Waals surface area contributed by atoms with Crippen LogP contribution in [-0.4, -0.2) is 44.3 Å². The molecule has 0 aliphatic carbocycles. The molecule has 142 valence electrons. The van der Waals surface area contributed by atoms with E-state index in [2.05, 4.69) is 25.4 Å². The van der Waals surface area contributed by atoms with Gasteiger partial charge < -0.3 is 10.6 Å². The van der Waals surface area contributed by atoms with Crippen molar-refractivity contribution in [1.82, 2.24) is 25.1 Å². The molecular formula is C17H26N6O2S. The molecule has 0 aliphatic heterocycles. The number of benzene rings is 1. The molecule has 26 heavy (non-hydrogen) atoms. The van der Waals surface area contributed by atoms with Gasteiger partial charge >= 0.3 is 0 Å². The third-order valence-electron chi connectivity index (χ3n) is 3.93. The first-order valence-corrected chi connectivity index (χ1v) is 9.80. The van der Waals surface area contributed by atoms with Gasteiger partial charge in [0.15, 0.2) is 5.96 Å². The minimum absolute atomic E-state index is 0.252. The van der Waals surface area contributed by atoms with Crippen LogP contribution in [0.1, 0.15) is 16.8 Å². The zero-order valence-corrected chi connectivity index (χ0v) is 16.4. The smallest absolute Gasteiger partial charge is 0.240 e. The molecule has 0 atom stereocenters. The average molecular weight is 379 g/mol. The monoisotopic (exact) mass is 378 g/mol. The Hall–Kier alpha value is -2.39. The molecule has 2 rings (SSSR count). The van der Waals surface area contributed by atoms with Crippen LogP contribution in [0.25, 0.3) is 0 Å². The van der Waals surface area contributed by atoms with Gasteiger partial charge in [0.1, 0.15) is 0 Å². The maximum atomic E-state index is 12.4. The fourth-order valence-corrected chi connectivity index (χ4v) is 3.77. The number of aryl methyl sites for hydroxylation is 3. The molecule has 0 fully saturated rings. The standard InChI is InChI=1S/C17H26N6O2S/c1-13-5-6-14(2)16(11-13)26(24,25)22-10-9-19-17(18-3)20-12-15-7-8-21-23(15)4/h5-8,11,22H,9-10,12H2,1-4H3,(H2,18,19,20). The van der Waals surface area contributed by atoms with E-state index < -0.39 is 10.0 Å². The molecule has 0 radical (unpaired) electrons. The largest absolute Gasteiger partial charge is 0.355 e. The molecule has 1 aromatic heterocycles. The van der Waals surface area contributed by atoms with Crippen molar-refractivity contribution in [3.63, 3.8) is 0 Å². The van der Waals surface area contributed by atoms with Crippen LogP contribution in [0.15, 0.2) is 40.4 Å². The Balaban J connectivity index is 1.83. The molecule has 0 bridgehead atoms. The second kappa shape index (κ2) is 8.81. The number of sulfonamides is 1. The highest BCUT2D eigenvalue weighted by Gasteiger charge is 2.16. The fraction of sp³-hybridized carbons (Fsp3) is 0.412. The SMILES string of the molecule is CN=C(NCCNS(=O)(=O)c1cc(C)ccc1C)NCc1ccnn1C. The van der Waals surface area contributed by atoms with Gasteiger partial charge in [-0.2, -0.15) is 5.10 Å². The third-order valence-corrected chi connectivity index (χ3v) is 5.53. The molecule has 0 spiro atoms. The van der Waals surface area contributed by atoms with Gasteiger partial charge in [-0.05, 0) is 37.1 Å². The topological polar surface area (TPSA) is 100 Å². The van der Waals surface area contributed by atoms with Crippen molar-refractivity contribution < 1.29 is 8.42 Å². The Morgan fingerprint density at radius 1 is 1.19 bits per heavy atom. The lowest BCUT2D eigenvalue weighted by atomic mass is 10.2. The Kier molecular flexibility index (Phi) is 6.76. The summed E-state index contributed by atoms with van der Waals surface area (Å²) in [5.74, 6) is 0.595. The number of nitrogens with zero attached hydrogens (tertiary/aromatic N) is 3. The summed E-state index contributed by atoms with van der Waals surface area (Å²) in [6.07, 6.45) is 1.73. The molecule has 0 unspecified atom stereocenters. The highest BCUT2D eigenvalue weighted by Crippen LogP contribution is 2.16. The minimum Gasteiger partial charge on any atom is -0.355 e. The first kappa shape index (κ1) is 19.9. The average Bonchev–Trinajstić information content (AvgIpc) is 3.01. The summed E-state index contributed by atoms with van der Waals surface area (Å²) in [4.78, 5) is 4.44. The highest BCUT2D eigenvalue weighted by molar-refractivity contribution is 7.89. The summed E-state index contributed by atoms with van der Waals surface area (Å²) < 4.78 is 29.3. The lowest BCUT2D eigenvalue weighted by Crippen LogP contribution is -2.41. The van der Waals surface area contributed by atoms with Gasteiger partial charge in [-0.1, -0.05) is 12.1 Å². The van der Waals surface area contributed by atoms with E-state index in [1.807, 2.05) is 32.2 Å². The Labute approximate surface area is 154 Å². The van der Waals surface area contributed by atoms with Gasteiger partial charge in [0.2, 0.25) is 10.0 Å². The summed E-state index contributed by atoms with van der Waals surface area (Å²) in [5, 5.41) is 10.3. The zero-order chi connectivity index (χ0) is 19.2. The first-order valence-electron chi connectivity index (χ1n) is 8.32. The number of hydrogen-bond acceptors (Lipinski definition) is 4. The summed E-state index contributed by atoms with van der Waals surface area (Å²) in [6, 6.07) is 7.30. The maximum absolute atomic E-state index is 12.4. The van der Waals surface area contributed by atoms with Crippen molar-refractivity contribution in [3.8, 4) is 0 Å². The Morgan fingerprint density at radius 3 is 2.62 bits per heavy atom. The van der Waals surface area contributed by atoms with Gasteiger partial charge in [0, 0.05) is 33.4 Å². The molecule has 1 aromatic carbocycles. The Bertz CT molecular complexity index is 873. The van der Waals surface area contributed by atoms with Crippen LogP contribution < -0.4 is 15.4 Å². The van der Waals surface area contributed by atoms with Crippen molar-refractivity contribution in [2.75, 3.05) is 20.1 Å². The Morgan fingerprint density at radius 2 is 1.96 bits per heavy atom. The summed E-state index contributed by atoms with van der Waals surface area (Å²) >= 11 is 0. The predicted molar refractivity (Wildman–Crippen MR) is 103 cm³/mol. The van der Waals surface area contributed by atoms with E-state index in [-0.39, 0.29) is 6.54 Å². The van der Waals surface area contributed by atoms with Crippen LogP contribution in [0.2, 0.25) is 0 Å². The van der Waals surface area contributed by atoms with Crippen LogP contribution in [0, 0.1) is 13.8 Å². The lowest BCUT2D eigenvalue weighted by molar-refractivity contribution is 0.579. The van der Waals surface area contributed by atoms with E-state index >= 15 is 0 Å². The maximum Gasteiger partial charge on any atom is 0.240 e. The first-order chi connectivity index (χ1) is 12.3. The summed E-state index contributed by atoms with van der Waals surface area (Å²) in [5.41, 5.74) is 2.65. The van der Waals surface area contributed by atoms with Crippen LogP contribution in [0.5, 0.6) is 0 Å². The van der Waals surface area contributed by atoms with E-state index in [4.69, 9.17) is 0 Å². The molecule has 9 heteroatoms. The predicted octanol–water partition coefficient (Wildman–Crippen LogP) is 0.680. The quantitative estimate of drug-likeness (QED) is 0.374. The lowest BCUT2D eigenvalue weighted by Gasteiger charge is -2.13. The molecule has 8 nitrogen and oxygen atoms in total. The number of nitrogens with one attached hydrogen (secondary N) is 3. The summed E-state index contributed by atoms with van der Waals surface area (Å²) in [7, 11) is 0.00248. The highest BCUT2D eigenvalue weighted by atomic mass is 32.2. The zero-order valence-electron chi connectivity index (χ0n) is 15.6. The van der Waals surface area contributed by atoms with Crippen molar-refractivity contribution in [1.29, 1.82) is 0 Å². The van der Waals surface area contributed by atoms with Gasteiger partial charge in [-0.15, -0.1) is 0 Å². The van der Waals surface area contributed by atoms with E-state index in [1.165, 1.54) is 0 Å². The van der Waals surface area contributed by atoms with Crippen LogP contribution in [-0.2, 0) is 23.6 Å². The molecular weight excluding hydrogens is 352 g/mol. The molecule has 0 saturated carbocycles. The van der Waals surface area contributed by atoms with Gasteiger partial charge in [-0.3, -0.25) is 9.67 Å². The van der Waals surface area contributed by atoms with Crippen LogP contribution in [0.4, 0.5) is 0 Å². The van der Waals surface area contributed by atoms with E-state index in [9.17, 15) is 8.42 Å². The fourth-order valence-electron chi connectivity index (χ4n) is 2.41. The number of hydrogen-bond donors (Lipinski definition) is 3. The van der Waals surface area contributed by atoms with Crippen molar-refractivity contribution in [2.45, 2.75) is 25.3 Å². The second-order valence-corrected chi connectivity index (χ2v) is 7.70. The molecule has 3 N–H and O–H groups in total. The van der Waals surface area contributed by atoms with Gasteiger partial charge in [0.25, 0.3) is 0 Å². The molecule has 1 heterocycles. The van der Waals surface area contributed by atoms with Crippen LogP contribution >= 0.6 is 0 Å². The number of rotatable bonds is 7. The molecule has 0 saturated heterocycles. The molecule has 2 aromatic rings.